The molecule has 1 rings (SSSR count). The van der Waals surface area contributed by atoms with E-state index >= 15 is 0 Å². The Morgan fingerprint density at radius 2 is 1.86 bits per heavy atom. The van der Waals surface area contributed by atoms with E-state index in [2.05, 4.69) is 0 Å². The molecule has 4 nitrogen and oxygen atoms in total. The molecule has 80 valence electrons. The first-order valence-corrected chi connectivity index (χ1v) is 4.60. The van der Waals surface area contributed by atoms with Gasteiger partial charge in [-0.3, -0.25) is 0 Å². The van der Waals surface area contributed by atoms with Crippen molar-refractivity contribution in [1.82, 2.24) is 0 Å². The van der Waals surface area contributed by atoms with Crippen molar-refractivity contribution in [2.45, 2.75) is 25.6 Å². The Labute approximate surface area is 83.8 Å². The molecule has 0 aliphatic heterocycles. The highest BCUT2D eigenvalue weighted by atomic mass is 16.7. The minimum atomic E-state index is -0.411. The molecule has 0 N–H and O–H groups in total. The van der Waals surface area contributed by atoms with Gasteiger partial charge in [0.15, 0.2) is 6.29 Å². The van der Waals surface area contributed by atoms with Crippen LogP contribution in [0.2, 0.25) is 0 Å². The first kappa shape index (κ1) is 11.2. The smallest absolute Gasteiger partial charge is 0.333 e. The Balaban J connectivity index is 2.86. The largest absolute Gasteiger partial charge is 0.466 e. The highest BCUT2D eigenvalue weighted by Gasteiger charge is 2.27. The third-order valence-corrected chi connectivity index (χ3v) is 2.40. The Hall–Kier alpha value is -0.870. The number of esters is 1. The summed E-state index contributed by atoms with van der Waals surface area (Å²) in [5, 5.41) is 0. The van der Waals surface area contributed by atoms with E-state index in [1.54, 1.807) is 14.2 Å². The SMILES string of the molecule is COC(=O)C1=C(C(OC)OC)CCC1. The number of ether oxygens (including phenoxy) is 3. The second-order valence-electron chi connectivity index (χ2n) is 3.15. The van der Waals surface area contributed by atoms with Gasteiger partial charge < -0.3 is 14.2 Å². The number of methoxy groups -OCH3 is 3. The average Bonchev–Trinajstić information content (AvgIpc) is 2.68. The molecule has 0 saturated heterocycles. The van der Waals surface area contributed by atoms with Gasteiger partial charge in [0, 0.05) is 19.8 Å². The summed E-state index contributed by atoms with van der Waals surface area (Å²) in [4.78, 5) is 11.4. The maximum Gasteiger partial charge on any atom is 0.333 e. The van der Waals surface area contributed by atoms with Crippen molar-refractivity contribution in [3.63, 3.8) is 0 Å². The highest BCUT2D eigenvalue weighted by molar-refractivity contribution is 5.89. The summed E-state index contributed by atoms with van der Waals surface area (Å²) in [6.45, 7) is 0. The third kappa shape index (κ3) is 2.13. The van der Waals surface area contributed by atoms with Crippen molar-refractivity contribution in [1.29, 1.82) is 0 Å². The minimum Gasteiger partial charge on any atom is -0.466 e. The molecule has 14 heavy (non-hydrogen) atoms. The zero-order chi connectivity index (χ0) is 10.6. The van der Waals surface area contributed by atoms with Crippen LogP contribution >= 0.6 is 0 Å². The van der Waals surface area contributed by atoms with Crippen LogP contribution in [0.25, 0.3) is 0 Å². The molecular weight excluding hydrogens is 184 g/mol. The maximum absolute atomic E-state index is 11.4. The standard InChI is InChI=1S/C10H16O4/c1-12-9(11)7-5-4-6-8(7)10(13-2)14-3/h10H,4-6H2,1-3H3. The fourth-order valence-electron chi connectivity index (χ4n) is 1.76. The molecule has 0 radical (unpaired) electrons. The zero-order valence-electron chi connectivity index (χ0n) is 8.83. The van der Waals surface area contributed by atoms with Gasteiger partial charge in [0.05, 0.1) is 7.11 Å². The molecule has 0 fully saturated rings. The minimum absolute atomic E-state index is 0.267. The summed E-state index contributed by atoms with van der Waals surface area (Å²) >= 11 is 0. The molecule has 1 aliphatic rings. The number of rotatable bonds is 4. The number of hydrogen-bond donors (Lipinski definition) is 0. The third-order valence-electron chi connectivity index (χ3n) is 2.40. The van der Waals surface area contributed by atoms with Gasteiger partial charge in [-0.05, 0) is 24.8 Å². The summed E-state index contributed by atoms with van der Waals surface area (Å²) in [6, 6.07) is 0. The number of hydrogen-bond acceptors (Lipinski definition) is 4. The average molecular weight is 200 g/mol. The Morgan fingerprint density at radius 3 is 2.36 bits per heavy atom. The summed E-state index contributed by atoms with van der Waals surface area (Å²) in [5.74, 6) is -0.267. The molecular formula is C10H16O4. The Kier molecular flexibility index (Phi) is 4.10. The van der Waals surface area contributed by atoms with Crippen molar-refractivity contribution in [2.24, 2.45) is 0 Å². The molecule has 0 aromatic carbocycles. The maximum atomic E-state index is 11.4. The highest BCUT2D eigenvalue weighted by Crippen LogP contribution is 2.30. The van der Waals surface area contributed by atoms with E-state index in [0.29, 0.717) is 5.57 Å². The van der Waals surface area contributed by atoms with Gasteiger partial charge in [0.2, 0.25) is 0 Å². The fourth-order valence-corrected chi connectivity index (χ4v) is 1.76. The van der Waals surface area contributed by atoms with Crippen molar-refractivity contribution in [3.8, 4) is 0 Å². The van der Waals surface area contributed by atoms with Crippen LogP contribution in [0, 0.1) is 0 Å². The van der Waals surface area contributed by atoms with Crippen molar-refractivity contribution in [3.05, 3.63) is 11.1 Å². The van der Waals surface area contributed by atoms with Crippen LogP contribution in [-0.2, 0) is 19.0 Å². The summed E-state index contributed by atoms with van der Waals surface area (Å²) in [5.41, 5.74) is 1.63. The molecule has 0 amide bonds. The van der Waals surface area contributed by atoms with Gasteiger partial charge in [-0.2, -0.15) is 0 Å². The van der Waals surface area contributed by atoms with Gasteiger partial charge in [0.25, 0.3) is 0 Å². The summed E-state index contributed by atoms with van der Waals surface area (Å²) in [7, 11) is 4.52. The van der Waals surface area contributed by atoms with Crippen molar-refractivity contribution >= 4 is 5.97 Å². The van der Waals surface area contributed by atoms with Gasteiger partial charge in [-0.1, -0.05) is 0 Å². The van der Waals surface area contributed by atoms with Crippen LogP contribution in [0.15, 0.2) is 11.1 Å². The van der Waals surface area contributed by atoms with Gasteiger partial charge in [-0.25, -0.2) is 4.79 Å². The first-order chi connectivity index (χ1) is 6.74. The lowest BCUT2D eigenvalue weighted by atomic mass is 10.1. The molecule has 0 spiro atoms. The summed E-state index contributed by atoms with van der Waals surface area (Å²) in [6.07, 6.45) is 2.15. The number of carbonyl (C=O) groups is 1. The van der Waals surface area contributed by atoms with Gasteiger partial charge >= 0.3 is 5.97 Å². The van der Waals surface area contributed by atoms with E-state index in [-0.39, 0.29) is 5.97 Å². The molecule has 0 saturated carbocycles. The molecule has 0 aromatic rings. The molecule has 0 heterocycles. The fraction of sp³-hybridized carbons (Fsp3) is 0.700. The van der Waals surface area contributed by atoms with Crippen molar-refractivity contribution < 1.29 is 19.0 Å². The molecule has 4 heteroatoms. The predicted octanol–water partition coefficient (Wildman–Crippen LogP) is 1.26. The topological polar surface area (TPSA) is 44.8 Å². The lowest BCUT2D eigenvalue weighted by molar-refractivity contribution is -0.136. The molecule has 0 bridgehead atoms. The monoisotopic (exact) mass is 200 g/mol. The lowest BCUT2D eigenvalue weighted by Gasteiger charge is -2.15. The first-order valence-electron chi connectivity index (χ1n) is 4.60. The Morgan fingerprint density at radius 1 is 1.21 bits per heavy atom. The quantitative estimate of drug-likeness (QED) is 0.506. The zero-order valence-corrected chi connectivity index (χ0v) is 8.83. The van der Waals surface area contributed by atoms with Crippen LogP contribution in [-0.4, -0.2) is 33.6 Å². The number of carbonyl (C=O) groups excluding carboxylic acids is 1. The van der Waals surface area contributed by atoms with E-state index in [9.17, 15) is 4.79 Å². The van der Waals surface area contributed by atoms with Crippen LogP contribution < -0.4 is 0 Å². The van der Waals surface area contributed by atoms with Crippen LogP contribution in [0.5, 0.6) is 0 Å². The van der Waals surface area contributed by atoms with E-state index in [1.807, 2.05) is 0 Å². The normalized spacial score (nSPS) is 16.6. The molecule has 0 atom stereocenters. The molecule has 0 aromatic heterocycles. The van der Waals surface area contributed by atoms with Crippen molar-refractivity contribution in [2.75, 3.05) is 21.3 Å². The molecule has 0 unspecified atom stereocenters. The second kappa shape index (κ2) is 5.12. The van der Waals surface area contributed by atoms with Crippen LogP contribution in [0.1, 0.15) is 19.3 Å². The summed E-state index contributed by atoms with van der Waals surface area (Å²) < 4.78 is 14.9. The predicted molar refractivity (Wildman–Crippen MR) is 50.7 cm³/mol. The second-order valence-corrected chi connectivity index (χ2v) is 3.15. The van der Waals surface area contributed by atoms with E-state index < -0.39 is 6.29 Å². The lowest BCUT2D eigenvalue weighted by Crippen LogP contribution is -2.18. The van der Waals surface area contributed by atoms with E-state index in [1.165, 1.54) is 7.11 Å². The van der Waals surface area contributed by atoms with E-state index in [0.717, 1.165) is 24.8 Å². The van der Waals surface area contributed by atoms with Gasteiger partial charge in [0.1, 0.15) is 0 Å². The van der Waals surface area contributed by atoms with Gasteiger partial charge in [-0.15, -0.1) is 0 Å². The van der Waals surface area contributed by atoms with Crippen LogP contribution in [0.3, 0.4) is 0 Å². The molecule has 1 aliphatic carbocycles. The van der Waals surface area contributed by atoms with E-state index in [4.69, 9.17) is 14.2 Å². The van der Waals surface area contributed by atoms with Crippen LogP contribution in [0.4, 0.5) is 0 Å². The Bertz CT molecular complexity index is 241.